The highest BCUT2D eigenvalue weighted by Crippen LogP contribution is 2.16. The van der Waals surface area contributed by atoms with E-state index in [1.807, 2.05) is 12.3 Å². The second-order valence-electron chi connectivity index (χ2n) is 4.31. The van der Waals surface area contributed by atoms with Crippen molar-refractivity contribution in [2.45, 2.75) is 13.3 Å². The number of rotatable bonds is 5. The molecule has 0 aliphatic heterocycles. The zero-order valence-corrected chi connectivity index (χ0v) is 11.9. The number of nitrogens with one attached hydrogen (secondary N) is 1. The number of benzene rings is 1. The van der Waals surface area contributed by atoms with E-state index in [9.17, 15) is 19.3 Å². The lowest BCUT2D eigenvalue weighted by Crippen LogP contribution is -2.26. The summed E-state index contributed by atoms with van der Waals surface area (Å²) in [6, 6.07) is 2.86. The van der Waals surface area contributed by atoms with Crippen LogP contribution in [-0.2, 0) is 6.42 Å². The van der Waals surface area contributed by atoms with Crippen molar-refractivity contribution in [3.63, 3.8) is 0 Å². The van der Waals surface area contributed by atoms with Gasteiger partial charge in [-0.3, -0.25) is 14.9 Å². The molecule has 1 aromatic heterocycles. The van der Waals surface area contributed by atoms with Crippen LogP contribution in [0.4, 0.5) is 10.1 Å². The molecule has 21 heavy (non-hydrogen) atoms. The Labute approximate surface area is 123 Å². The number of carbonyl (C=O) groups excluding carboxylic acids is 1. The minimum atomic E-state index is -0.789. The van der Waals surface area contributed by atoms with Gasteiger partial charge in [-0.15, -0.1) is 11.3 Å². The Morgan fingerprint density at radius 1 is 1.52 bits per heavy atom. The molecular formula is C13H12FN3O3S. The number of nitrogens with zero attached hydrogens (tertiary/aromatic N) is 2. The molecule has 0 radical (unpaired) electrons. The first-order chi connectivity index (χ1) is 9.97. The van der Waals surface area contributed by atoms with E-state index >= 15 is 0 Å². The van der Waals surface area contributed by atoms with Crippen LogP contribution in [0.1, 0.15) is 21.1 Å². The molecule has 0 unspecified atom stereocenters. The van der Waals surface area contributed by atoms with Crippen LogP contribution < -0.4 is 5.32 Å². The van der Waals surface area contributed by atoms with E-state index in [4.69, 9.17) is 0 Å². The monoisotopic (exact) mass is 309 g/mol. The van der Waals surface area contributed by atoms with Crippen molar-refractivity contribution in [1.82, 2.24) is 10.3 Å². The topological polar surface area (TPSA) is 85.1 Å². The number of hydrogen-bond donors (Lipinski definition) is 1. The smallest absolute Gasteiger partial charge is 0.270 e. The molecular weight excluding hydrogens is 297 g/mol. The summed E-state index contributed by atoms with van der Waals surface area (Å²) in [5, 5.41) is 15.9. The third-order valence-electron chi connectivity index (χ3n) is 2.70. The van der Waals surface area contributed by atoms with Crippen molar-refractivity contribution in [2.75, 3.05) is 6.54 Å². The normalized spacial score (nSPS) is 10.4. The quantitative estimate of drug-likeness (QED) is 0.679. The lowest BCUT2D eigenvalue weighted by Gasteiger charge is -2.05. The van der Waals surface area contributed by atoms with Crippen molar-refractivity contribution in [2.24, 2.45) is 0 Å². The molecule has 0 bridgehead atoms. The highest BCUT2D eigenvalue weighted by Gasteiger charge is 2.16. The van der Waals surface area contributed by atoms with E-state index in [1.165, 1.54) is 11.3 Å². The Hall–Kier alpha value is -2.35. The molecule has 110 valence electrons. The molecule has 1 heterocycles. The summed E-state index contributed by atoms with van der Waals surface area (Å²) in [4.78, 5) is 26.0. The standard InChI is InChI=1S/C13H12FN3O3S/c1-8-7-21-12(16-8)4-5-15-13(18)10-6-9(17(19)20)2-3-11(10)14/h2-3,6-7H,4-5H2,1H3,(H,15,18). The van der Waals surface area contributed by atoms with Crippen LogP contribution in [0.25, 0.3) is 0 Å². The molecule has 2 rings (SSSR count). The Morgan fingerprint density at radius 3 is 2.90 bits per heavy atom. The van der Waals surface area contributed by atoms with Crippen LogP contribution in [-0.4, -0.2) is 22.4 Å². The fourth-order valence-electron chi connectivity index (χ4n) is 1.70. The van der Waals surface area contributed by atoms with E-state index in [-0.39, 0.29) is 17.8 Å². The van der Waals surface area contributed by atoms with Crippen molar-refractivity contribution < 1.29 is 14.1 Å². The largest absolute Gasteiger partial charge is 0.352 e. The van der Waals surface area contributed by atoms with E-state index in [2.05, 4.69) is 10.3 Å². The van der Waals surface area contributed by atoms with Gasteiger partial charge < -0.3 is 5.32 Å². The molecule has 8 heteroatoms. The maximum atomic E-state index is 13.5. The third kappa shape index (κ3) is 3.82. The number of non-ortho nitro benzene ring substituents is 1. The first-order valence-electron chi connectivity index (χ1n) is 6.10. The van der Waals surface area contributed by atoms with E-state index in [0.29, 0.717) is 6.42 Å². The number of aromatic nitrogens is 1. The second-order valence-corrected chi connectivity index (χ2v) is 5.25. The summed E-state index contributed by atoms with van der Waals surface area (Å²) in [5.74, 6) is -1.47. The SMILES string of the molecule is Cc1csc(CCNC(=O)c2cc([N+](=O)[O-])ccc2F)n1. The summed E-state index contributed by atoms with van der Waals surface area (Å²) in [5.41, 5.74) is 0.252. The Morgan fingerprint density at radius 2 is 2.29 bits per heavy atom. The lowest BCUT2D eigenvalue weighted by atomic mass is 10.1. The van der Waals surface area contributed by atoms with E-state index in [1.54, 1.807) is 0 Å². The molecule has 0 aliphatic rings. The second kappa shape index (κ2) is 6.40. The molecule has 1 amide bonds. The summed E-state index contributed by atoms with van der Waals surface area (Å²) >= 11 is 1.48. The summed E-state index contributed by atoms with van der Waals surface area (Å²) in [6.45, 7) is 2.16. The fraction of sp³-hybridized carbons (Fsp3) is 0.231. The number of carbonyl (C=O) groups is 1. The van der Waals surface area contributed by atoms with Crippen LogP contribution >= 0.6 is 11.3 Å². The molecule has 0 spiro atoms. The number of aryl methyl sites for hydroxylation is 1. The Kier molecular flexibility index (Phi) is 4.59. The van der Waals surface area contributed by atoms with Gasteiger partial charge in [0.05, 0.1) is 15.5 Å². The fourth-order valence-corrected chi connectivity index (χ4v) is 2.47. The summed E-state index contributed by atoms with van der Waals surface area (Å²) in [7, 11) is 0. The van der Waals surface area contributed by atoms with Gasteiger partial charge in [-0.1, -0.05) is 0 Å². The molecule has 0 aliphatic carbocycles. The first kappa shape index (κ1) is 15.0. The molecule has 2 aromatic rings. The number of hydrogen-bond acceptors (Lipinski definition) is 5. The van der Waals surface area contributed by atoms with Gasteiger partial charge in [0, 0.05) is 36.2 Å². The number of halogens is 1. The highest BCUT2D eigenvalue weighted by molar-refractivity contribution is 7.09. The van der Waals surface area contributed by atoms with E-state index < -0.39 is 16.6 Å². The molecule has 0 fully saturated rings. The Balaban J connectivity index is 1.99. The maximum Gasteiger partial charge on any atom is 0.270 e. The zero-order chi connectivity index (χ0) is 15.4. The minimum absolute atomic E-state index is 0.286. The minimum Gasteiger partial charge on any atom is -0.352 e. The number of nitro groups is 1. The van der Waals surface area contributed by atoms with Crippen LogP contribution in [0.3, 0.4) is 0 Å². The molecule has 1 aromatic carbocycles. The van der Waals surface area contributed by atoms with Gasteiger partial charge in [-0.2, -0.15) is 0 Å². The molecule has 0 saturated heterocycles. The zero-order valence-electron chi connectivity index (χ0n) is 11.1. The number of thiazole rings is 1. The molecule has 0 saturated carbocycles. The highest BCUT2D eigenvalue weighted by atomic mass is 32.1. The predicted molar refractivity (Wildman–Crippen MR) is 75.9 cm³/mol. The average Bonchev–Trinajstić information content (AvgIpc) is 2.84. The summed E-state index contributed by atoms with van der Waals surface area (Å²) in [6.07, 6.45) is 0.529. The van der Waals surface area contributed by atoms with Crippen LogP contribution in [0.2, 0.25) is 0 Å². The molecule has 1 N–H and O–H groups in total. The lowest BCUT2D eigenvalue weighted by molar-refractivity contribution is -0.384. The predicted octanol–water partition coefficient (Wildman–Crippen LogP) is 2.47. The van der Waals surface area contributed by atoms with E-state index in [0.717, 1.165) is 28.9 Å². The van der Waals surface area contributed by atoms with Gasteiger partial charge in [0.2, 0.25) is 0 Å². The van der Waals surface area contributed by atoms with Crippen LogP contribution in [0.5, 0.6) is 0 Å². The van der Waals surface area contributed by atoms with Crippen molar-refractivity contribution in [3.05, 3.63) is 55.8 Å². The number of nitro benzene ring substituents is 1. The first-order valence-corrected chi connectivity index (χ1v) is 6.98. The van der Waals surface area contributed by atoms with Gasteiger partial charge in [0.1, 0.15) is 5.82 Å². The maximum absolute atomic E-state index is 13.5. The average molecular weight is 309 g/mol. The van der Waals surface area contributed by atoms with Gasteiger partial charge >= 0.3 is 0 Å². The van der Waals surface area contributed by atoms with Crippen LogP contribution in [0, 0.1) is 22.9 Å². The molecule has 0 atom stereocenters. The Bertz CT molecular complexity index is 687. The third-order valence-corrected chi connectivity index (χ3v) is 3.72. The van der Waals surface area contributed by atoms with Crippen molar-refractivity contribution >= 4 is 22.9 Å². The summed E-state index contributed by atoms with van der Waals surface area (Å²) < 4.78 is 13.5. The van der Waals surface area contributed by atoms with Crippen LogP contribution in [0.15, 0.2) is 23.6 Å². The van der Waals surface area contributed by atoms with Crippen molar-refractivity contribution in [1.29, 1.82) is 0 Å². The molecule has 6 nitrogen and oxygen atoms in total. The van der Waals surface area contributed by atoms with Gasteiger partial charge in [0.25, 0.3) is 11.6 Å². The number of amides is 1. The van der Waals surface area contributed by atoms with Gasteiger partial charge in [-0.05, 0) is 13.0 Å². The van der Waals surface area contributed by atoms with Gasteiger partial charge in [0.15, 0.2) is 0 Å². The van der Waals surface area contributed by atoms with Gasteiger partial charge in [-0.25, -0.2) is 9.37 Å². The van der Waals surface area contributed by atoms with Crippen molar-refractivity contribution in [3.8, 4) is 0 Å².